The number of rotatable bonds is 3. The van der Waals surface area contributed by atoms with Gasteiger partial charge in [0.1, 0.15) is 11.4 Å². The van der Waals surface area contributed by atoms with Crippen molar-refractivity contribution >= 4 is 5.91 Å². The molecule has 0 saturated heterocycles. The summed E-state index contributed by atoms with van der Waals surface area (Å²) >= 11 is 0. The summed E-state index contributed by atoms with van der Waals surface area (Å²) in [5.41, 5.74) is 2.61. The molecule has 102 valence electrons. The van der Waals surface area contributed by atoms with Crippen LogP contribution in [0, 0.1) is 13.8 Å². The quantitative estimate of drug-likeness (QED) is 0.787. The van der Waals surface area contributed by atoms with E-state index in [0.717, 1.165) is 17.2 Å². The number of carbonyl (C=O) groups is 1. The first-order valence-electron chi connectivity index (χ1n) is 5.96. The van der Waals surface area contributed by atoms with E-state index in [1.165, 1.54) is 12.2 Å². The lowest BCUT2D eigenvalue weighted by Gasteiger charge is -2.16. The molecule has 0 N–H and O–H groups in total. The molecular formula is C13H18N4O2. The number of hydroxylamine groups is 2. The third kappa shape index (κ3) is 2.15. The second-order valence-electron chi connectivity index (χ2n) is 4.44. The van der Waals surface area contributed by atoms with Gasteiger partial charge in [-0.05, 0) is 26.0 Å². The van der Waals surface area contributed by atoms with Crippen molar-refractivity contribution in [2.75, 3.05) is 14.2 Å². The summed E-state index contributed by atoms with van der Waals surface area (Å²) in [6.45, 7) is 3.99. The van der Waals surface area contributed by atoms with Crippen LogP contribution in [-0.2, 0) is 11.9 Å². The van der Waals surface area contributed by atoms with E-state index in [-0.39, 0.29) is 5.91 Å². The van der Waals surface area contributed by atoms with Gasteiger partial charge in [0, 0.05) is 25.5 Å². The summed E-state index contributed by atoms with van der Waals surface area (Å²) in [6.07, 6.45) is 1.56. The molecule has 0 unspecified atom stereocenters. The van der Waals surface area contributed by atoms with Crippen molar-refractivity contribution in [2.24, 2.45) is 7.05 Å². The third-order valence-electron chi connectivity index (χ3n) is 3.18. The normalized spacial score (nSPS) is 10.8. The van der Waals surface area contributed by atoms with Gasteiger partial charge in [0.25, 0.3) is 5.91 Å². The van der Waals surface area contributed by atoms with Gasteiger partial charge in [0.05, 0.1) is 13.3 Å². The molecule has 1 amide bonds. The highest BCUT2D eigenvalue weighted by Crippen LogP contribution is 2.20. The molecule has 2 aromatic rings. The lowest BCUT2D eigenvalue weighted by Crippen LogP contribution is -2.26. The molecule has 0 bridgehead atoms. The molecule has 2 aromatic heterocycles. The average molecular weight is 262 g/mol. The van der Waals surface area contributed by atoms with Crippen LogP contribution in [0.15, 0.2) is 18.3 Å². The Morgan fingerprint density at radius 2 is 1.89 bits per heavy atom. The van der Waals surface area contributed by atoms with E-state index >= 15 is 0 Å². The molecular weight excluding hydrogens is 244 g/mol. The SMILES string of the molecule is CON(C)C(=O)c1cnn(C)c1-n1c(C)ccc1C. The minimum Gasteiger partial charge on any atom is -0.303 e. The molecule has 0 radical (unpaired) electrons. The highest BCUT2D eigenvalue weighted by Gasteiger charge is 2.22. The van der Waals surface area contributed by atoms with Crippen LogP contribution in [0.1, 0.15) is 21.7 Å². The van der Waals surface area contributed by atoms with Crippen LogP contribution < -0.4 is 0 Å². The molecule has 0 atom stereocenters. The van der Waals surface area contributed by atoms with Crippen LogP contribution in [0.2, 0.25) is 0 Å². The Hall–Kier alpha value is -2.08. The predicted molar refractivity (Wildman–Crippen MR) is 71.1 cm³/mol. The third-order valence-corrected chi connectivity index (χ3v) is 3.18. The van der Waals surface area contributed by atoms with Crippen molar-refractivity contribution < 1.29 is 9.63 Å². The van der Waals surface area contributed by atoms with Crippen molar-refractivity contribution in [1.29, 1.82) is 0 Å². The van der Waals surface area contributed by atoms with Gasteiger partial charge in [-0.15, -0.1) is 0 Å². The van der Waals surface area contributed by atoms with Gasteiger partial charge in [0.2, 0.25) is 0 Å². The summed E-state index contributed by atoms with van der Waals surface area (Å²) in [6, 6.07) is 4.02. The standard InChI is InChI=1S/C13H18N4O2/c1-9-6-7-10(2)17(9)12-11(8-14-15(12)3)13(18)16(4)19-5/h6-8H,1-5H3. The van der Waals surface area contributed by atoms with Gasteiger partial charge >= 0.3 is 0 Å². The highest BCUT2D eigenvalue weighted by molar-refractivity contribution is 5.96. The largest absolute Gasteiger partial charge is 0.303 e. The predicted octanol–water partition coefficient (Wildman–Crippen LogP) is 1.46. The van der Waals surface area contributed by atoms with Crippen LogP contribution >= 0.6 is 0 Å². The Morgan fingerprint density at radius 1 is 1.32 bits per heavy atom. The van der Waals surface area contributed by atoms with E-state index in [2.05, 4.69) is 5.10 Å². The van der Waals surface area contributed by atoms with Gasteiger partial charge in [-0.25, -0.2) is 5.06 Å². The van der Waals surface area contributed by atoms with Crippen LogP contribution in [0.3, 0.4) is 0 Å². The van der Waals surface area contributed by atoms with E-state index in [9.17, 15) is 4.79 Å². The number of aryl methyl sites for hydroxylation is 3. The molecule has 6 heteroatoms. The highest BCUT2D eigenvalue weighted by atomic mass is 16.7. The topological polar surface area (TPSA) is 52.3 Å². The van der Waals surface area contributed by atoms with Crippen LogP contribution in [0.5, 0.6) is 0 Å². The van der Waals surface area contributed by atoms with Crippen molar-refractivity contribution in [1.82, 2.24) is 19.4 Å². The number of amides is 1. The lowest BCUT2D eigenvalue weighted by atomic mass is 10.3. The van der Waals surface area contributed by atoms with Gasteiger partial charge in [-0.1, -0.05) is 0 Å². The van der Waals surface area contributed by atoms with Gasteiger partial charge in [-0.3, -0.25) is 14.3 Å². The van der Waals surface area contributed by atoms with E-state index < -0.39 is 0 Å². The van der Waals surface area contributed by atoms with Crippen molar-refractivity contribution in [2.45, 2.75) is 13.8 Å². The van der Waals surface area contributed by atoms with Crippen molar-refractivity contribution in [3.8, 4) is 5.82 Å². The van der Waals surface area contributed by atoms with E-state index in [4.69, 9.17) is 4.84 Å². The Balaban J connectivity index is 2.59. The Morgan fingerprint density at radius 3 is 2.42 bits per heavy atom. The van der Waals surface area contributed by atoms with Gasteiger partial charge < -0.3 is 4.57 Å². The first-order valence-corrected chi connectivity index (χ1v) is 5.96. The average Bonchev–Trinajstić information content (AvgIpc) is 2.91. The molecule has 2 rings (SSSR count). The summed E-state index contributed by atoms with van der Waals surface area (Å²) in [7, 11) is 4.85. The number of nitrogens with zero attached hydrogens (tertiary/aromatic N) is 4. The van der Waals surface area contributed by atoms with Gasteiger partial charge in [0.15, 0.2) is 0 Å². The minimum atomic E-state index is -0.224. The molecule has 0 aliphatic carbocycles. The molecule has 0 spiro atoms. The van der Waals surface area contributed by atoms with E-state index in [0.29, 0.717) is 5.56 Å². The molecule has 0 saturated carbocycles. The molecule has 0 aliphatic rings. The Bertz CT molecular complexity index is 593. The maximum absolute atomic E-state index is 12.3. The molecule has 19 heavy (non-hydrogen) atoms. The smallest absolute Gasteiger partial charge is 0.282 e. The zero-order valence-electron chi connectivity index (χ0n) is 11.8. The maximum Gasteiger partial charge on any atom is 0.282 e. The fourth-order valence-electron chi connectivity index (χ4n) is 2.10. The summed E-state index contributed by atoms with van der Waals surface area (Å²) in [5, 5.41) is 5.37. The summed E-state index contributed by atoms with van der Waals surface area (Å²) in [5.74, 6) is 0.520. The fourth-order valence-corrected chi connectivity index (χ4v) is 2.10. The lowest BCUT2D eigenvalue weighted by molar-refractivity contribution is -0.0756. The minimum absolute atomic E-state index is 0.224. The zero-order valence-corrected chi connectivity index (χ0v) is 11.8. The molecule has 0 aliphatic heterocycles. The maximum atomic E-state index is 12.3. The molecule has 2 heterocycles. The molecule has 6 nitrogen and oxygen atoms in total. The van der Waals surface area contributed by atoms with Crippen molar-refractivity contribution in [3.05, 3.63) is 35.3 Å². The molecule has 0 fully saturated rings. The number of hydrogen-bond acceptors (Lipinski definition) is 3. The second-order valence-corrected chi connectivity index (χ2v) is 4.44. The van der Waals surface area contributed by atoms with Crippen LogP contribution in [0.25, 0.3) is 5.82 Å². The Kier molecular flexibility index (Phi) is 3.44. The van der Waals surface area contributed by atoms with Crippen LogP contribution in [-0.4, -0.2) is 39.5 Å². The number of aromatic nitrogens is 3. The summed E-state index contributed by atoms with van der Waals surface area (Å²) < 4.78 is 3.69. The van der Waals surface area contributed by atoms with Gasteiger partial charge in [-0.2, -0.15) is 5.10 Å². The monoisotopic (exact) mass is 262 g/mol. The number of carbonyl (C=O) groups excluding carboxylic acids is 1. The first kappa shape index (κ1) is 13.4. The van der Waals surface area contributed by atoms with Crippen molar-refractivity contribution in [3.63, 3.8) is 0 Å². The zero-order chi connectivity index (χ0) is 14.2. The number of hydrogen-bond donors (Lipinski definition) is 0. The summed E-state index contributed by atoms with van der Waals surface area (Å²) in [4.78, 5) is 17.2. The van der Waals surface area contributed by atoms with E-state index in [1.54, 1.807) is 17.9 Å². The van der Waals surface area contributed by atoms with Crippen LogP contribution in [0.4, 0.5) is 0 Å². The Labute approximate surface area is 112 Å². The van der Waals surface area contributed by atoms with E-state index in [1.807, 2.05) is 37.6 Å². The fraction of sp³-hybridized carbons (Fsp3) is 0.385. The first-order chi connectivity index (χ1) is 8.97. The molecule has 0 aromatic carbocycles. The second kappa shape index (κ2) is 4.89.